The molecule has 1 unspecified atom stereocenters. The summed E-state index contributed by atoms with van der Waals surface area (Å²) in [6.45, 7) is 0.435. The van der Waals surface area contributed by atoms with Crippen molar-refractivity contribution in [3.05, 3.63) is 40.6 Å². The number of rotatable bonds is 6. The van der Waals surface area contributed by atoms with E-state index in [9.17, 15) is 5.11 Å². The molecule has 2 N–H and O–H groups in total. The van der Waals surface area contributed by atoms with E-state index in [4.69, 9.17) is 27.9 Å². The standard InChI is InChI=1S/C13H15Cl2N3O2/c1-18-7-9(5-17-18)16-6-10(19)8-20-13-11(14)3-2-4-12(13)15/h2-5,7,10,16,19H,6,8H2,1H3. The molecule has 0 amide bonds. The van der Waals surface area contributed by atoms with E-state index in [1.54, 1.807) is 29.1 Å². The number of halogens is 2. The minimum Gasteiger partial charge on any atom is -0.488 e. The smallest absolute Gasteiger partial charge is 0.156 e. The molecule has 0 aliphatic carbocycles. The number of ether oxygens (including phenoxy) is 1. The summed E-state index contributed by atoms with van der Waals surface area (Å²) >= 11 is 11.9. The highest BCUT2D eigenvalue weighted by Gasteiger charge is 2.10. The number of hydrogen-bond donors (Lipinski definition) is 2. The summed E-state index contributed by atoms with van der Waals surface area (Å²) in [5, 5.41) is 17.8. The average molecular weight is 316 g/mol. The van der Waals surface area contributed by atoms with Gasteiger partial charge in [-0.1, -0.05) is 29.3 Å². The van der Waals surface area contributed by atoms with Crippen LogP contribution >= 0.6 is 23.2 Å². The first-order chi connectivity index (χ1) is 9.56. The lowest BCUT2D eigenvalue weighted by molar-refractivity contribution is 0.117. The van der Waals surface area contributed by atoms with Crippen molar-refractivity contribution in [3.8, 4) is 5.75 Å². The van der Waals surface area contributed by atoms with Gasteiger partial charge in [0.2, 0.25) is 0 Å². The van der Waals surface area contributed by atoms with Crippen LogP contribution in [0.1, 0.15) is 0 Å². The van der Waals surface area contributed by atoms with Gasteiger partial charge < -0.3 is 15.2 Å². The van der Waals surface area contributed by atoms with Gasteiger partial charge in [-0.05, 0) is 12.1 Å². The fraction of sp³-hybridized carbons (Fsp3) is 0.308. The molecular formula is C13H15Cl2N3O2. The van der Waals surface area contributed by atoms with Crippen molar-refractivity contribution in [1.29, 1.82) is 0 Å². The Kier molecular flexibility index (Phi) is 5.11. The summed E-state index contributed by atoms with van der Waals surface area (Å²) < 4.78 is 7.12. The summed E-state index contributed by atoms with van der Waals surface area (Å²) in [6.07, 6.45) is 2.80. The van der Waals surface area contributed by atoms with E-state index in [2.05, 4.69) is 10.4 Å². The monoisotopic (exact) mass is 315 g/mol. The van der Waals surface area contributed by atoms with Crippen LogP contribution in [-0.2, 0) is 7.05 Å². The van der Waals surface area contributed by atoms with Crippen LogP contribution in [0.3, 0.4) is 0 Å². The molecule has 2 rings (SSSR count). The van der Waals surface area contributed by atoms with Crippen LogP contribution in [-0.4, -0.2) is 34.1 Å². The Balaban J connectivity index is 1.81. The van der Waals surface area contributed by atoms with Gasteiger partial charge in [-0.15, -0.1) is 0 Å². The number of nitrogens with one attached hydrogen (secondary N) is 1. The number of aliphatic hydroxyl groups excluding tert-OH is 1. The zero-order valence-electron chi connectivity index (χ0n) is 10.9. The molecule has 20 heavy (non-hydrogen) atoms. The van der Waals surface area contributed by atoms with Gasteiger partial charge in [0.1, 0.15) is 12.7 Å². The van der Waals surface area contributed by atoms with Gasteiger partial charge in [-0.3, -0.25) is 4.68 Å². The summed E-state index contributed by atoms with van der Waals surface area (Å²) in [5.74, 6) is 0.385. The second-order valence-corrected chi connectivity index (χ2v) is 5.11. The van der Waals surface area contributed by atoms with Gasteiger partial charge in [-0.2, -0.15) is 5.10 Å². The van der Waals surface area contributed by atoms with Gasteiger partial charge >= 0.3 is 0 Å². The molecule has 1 heterocycles. The van der Waals surface area contributed by atoms with E-state index < -0.39 is 6.10 Å². The fourth-order valence-corrected chi connectivity index (χ4v) is 2.11. The summed E-state index contributed by atoms with van der Waals surface area (Å²) in [7, 11) is 1.82. The summed E-state index contributed by atoms with van der Waals surface area (Å²) in [4.78, 5) is 0. The third kappa shape index (κ3) is 4.03. The lowest BCUT2D eigenvalue weighted by Gasteiger charge is -2.14. The second-order valence-electron chi connectivity index (χ2n) is 4.30. The van der Waals surface area contributed by atoms with Crippen molar-refractivity contribution in [1.82, 2.24) is 9.78 Å². The van der Waals surface area contributed by atoms with Crippen LogP contribution in [0.15, 0.2) is 30.6 Å². The van der Waals surface area contributed by atoms with Crippen LogP contribution in [0.25, 0.3) is 0 Å². The Morgan fingerprint density at radius 3 is 2.70 bits per heavy atom. The normalized spacial score (nSPS) is 12.2. The lowest BCUT2D eigenvalue weighted by Crippen LogP contribution is -2.26. The van der Waals surface area contributed by atoms with Gasteiger partial charge in [0, 0.05) is 19.8 Å². The maximum absolute atomic E-state index is 9.86. The van der Waals surface area contributed by atoms with Crippen molar-refractivity contribution in [2.24, 2.45) is 7.05 Å². The maximum atomic E-state index is 9.86. The number of anilines is 1. The number of aromatic nitrogens is 2. The number of hydrogen-bond acceptors (Lipinski definition) is 4. The number of nitrogens with zero attached hydrogens (tertiary/aromatic N) is 2. The molecule has 0 bridgehead atoms. The highest BCUT2D eigenvalue weighted by molar-refractivity contribution is 6.37. The maximum Gasteiger partial charge on any atom is 0.156 e. The highest BCUT2D eigenvalue weighted by atomic mass is 35.5. The molecule has 0 fully saturated rings. The van der Waals surface area contributed by atoms with Gasteiger partial charge in [-0.25, -0.2) is 0 Å². The summed E-state index contributed by atoms with van der Waals surface area (Å²) in [5.41, 5.74) is 0.835. The van der Waals surface area contributed by atoms with E-state index >= 15 is 0 Å². The molecule has 7 heteroatoms. The third-order valence-electron chi connectivity index (χ3n) is 2.59. The number of para-hydroxylation sites is 1. The Hall–Kier alpha value is -1.43. The van der Waals surface area contributed by atoms with Crippen molar-refractivity contribution in [2.75, 3.05) is 18.5 Å². The minimum atomic E-state index is -0.692. The Morgan fingerprint density at radius 2 is 2.10 bits per heavy atom. The zero-order valence-corrected chi connectivity index (χ0v) is 12.4. The Bertz CT molecular complexity index is 554. The van der Waals surface area contributed by atoms with E-state index in [-0.39, 0.29) is 6.61 Å². The summed E-state index contributed by atoms with van der Waals surface area (Å²) in [6, 6.07) is 5.10. The van der Waals surface area contributed by atoms with Gasteiger partial charge in [0.15, 0.2) is 5.75 Å². The lowest BCUT2D eigenvalue weighted by atomic mass is 10.3. The SMILES string of the molecule is Cn1cc(NCC(O)COc2c(Cl)cccc2Cl)cn1. The van der Waals surface area contributed by atoms with Crippen LogP contribution in [0, 0.1) is 0 Å². The van der Waals surface area contributed by atoms with Crippen molar-refractivity contribution < 1.29 is 9.84 Å². The second kappa shape index (κ2) is 6.83. The van der Waals surface area contributed by atoms with E-state index in [1.807, 2.05) is 13.2 Å². The quantitative estimate of drug-likeness (QED) is 0.860. The number of benzene rings is 1. The first-order valence-electron chi connectivity index (χ1n) is 6.03. The van der Waals surface area contributed by atoms with Crippen molar-refractivity contribution >= 4 is 28.9 Å². The van der Waals surface area contributed by atoms with Crippen LogP contribution in [0.2, 0.25) is 10.0 Å². The first kappa shape index (κ1) is 15.0. The molecule has 108 valence electrons. The van der Waals surface area contributed by atoms with Crippen LogP contribution in [0.5, 0.6) is 5.75 Å². The molecular weight excluding hydrogens is 301 g/mol. The topological polar surface area (TPSA) is 59.3 Å². The molecule has 0 aliphatic heterocycles. The predicted molar refractivity (Wildman–Crippen MR) is 79.7 cm³/mol. The first-order valence-corrected chi connectivity index (χ1v) is 6.79. The van der Waals surface area contributed by atoms with Gasteiger partial charge in [0.25, 0.3) is 0 Å². The fourth-order valence-electron chi connectivity index (χ4n) is 1.61. The largest absolute Gasteiger partial charge is 0.488 e. The molecule has 5 nitrogen and oxygen atoms in total. The minimum absolute atomic E-state index is 0.0940. The molecule has 0 radical (unpaired) electrons. The predicted octanol–water partition coefficient (Wildman–Crippen LogP) is 2.58. The zero-order chi connectivity index (χ0) is 14.5. The molecule has 0 saturated heterocycles. The van der Waals surface area contributed by atoms with Crippen molar-refractivity contribution in [3.63, 3.8) is 0 Å². The van der Waals surface area contributed by atoms with Crippen LogP contribution in [0.4, 0.5) is 5.69 Å². The van der Waals surface area contributed by atoms with E-state index in [1.165, 1.54) is 0 Å². The van der Waals surface area contributed by atoms with Gasteiger partial charge in [0.05, 0.1) is 21.9 Å². The molecule has 2 aromatic rings. The Labute approximate surface area is 127 Å². The molecule has 0 aliphatic rings. The molecule has 1 aromatic carbocycles. The Morgan fingerprint density at radius 1 is 1.40 bits per heavy atom. The average Bonchev–Trinajstić information content (AvgIpc) is 2.82. The molecule has 0 saturated carbocycles. The number of aryl methyl sites for hydroxylation is 1. The highest BCUT2D eigenvalue weighted by Crippen LogP contribution is 2.32. The van der Waals surface area contributed by atoms with Crippen molar-refractivity contribution in [2.45, 2.75) is 6.10 Å². The molecule has 1 aromatic heterocycles. The third-order valence-corrected chi connectivity index (χ3v) is 3.18. The molecule has 0 spiro atoms. The van der Waals surface area contributed by atoms with E-state index in [0.29, 0.717) is 22.3 Å². The molecule has 1 atom stereocenters. The van der Waals surface area contributed by atoms with E-state index in [0.717, 1.165) is 5.69 Å². The van der Waals surface area contributed by atoms with Crippen LogP contribution < -0.4 is 10.1 Å². The number of aliphatic hydroxyl groups is 1.